The molecule has 8 nitrogen and oxygen atoms in total. The molecule has 1 aromatic carbocycles. The fraction of sp³-hybridized carbons (Fsp3) is 0.200. The van der Waals surface area contributed by atoms with Gasteiger partial charge in [0, 0.05) is 17.0 Å². The van der Waals surface area contributed by atoms with Crippen molar-refractivity contribution >= 4 is 23.5 Å². The van der Waals surface area contributed by atoms with Crippen LogP contribution in [0.25, 0.3) is 11.7 Å². The van der Waals surface area contributed by atoms with Crippen LogP contribution in [0.2, 0.25) is 0 Å². The Morgan fingerprint density at radius 2 is 2.10 bits per heavy atom. The molecule has 9 heteroatoms. The normalized spacial score (nSPS) is 15.4. The molecule has 1 saturated carbocycles. The zero-order valence-electron chi connectivity index (χ0n) is 15.4. The molecule has 0 saturated heterocycles. The lowest BCUT2D eigenvalue weighted by atomic mass is 10.2. The summed E-state index contributed by atoms with van der Waals surface area (Å²) < 4.78 is 1.71. The average molecular weight is 406 g/mol. The van der Waals surface area contributed by atoms with E-state index in [1.54, 1.807) is 28.6 Å². The Labute approximate surface area is 169 Å². The number of thioether (sulfide) groups is 1. The molecule has 0 spiro atoms. The van der Waals surface area contributed by atoms with Crippen molar-refractivity contribution in [2.24, 2.45) is 4.99 Å². The average Bonchev–Trinajstić information content (AvgIpc) is 3.36. The van der Waals surface area contributed by atoms with Crippen molar-refractivity contribution in [2.45, 2.75) is 29.7 Å². The van der Waals surface area contributed by atoms with Gasteiger partial charge < -0.3 is 10.1 Å². The SMILES string of the molecule is O=c1[nH]c(O)c(/C=c2\cnn3c(=NC4CC4)cc(SCc4ccccc4)nc23)[nH]1. The summed E-state index contributed by atoms with van der Waals surface area (Å²) in [6.45, 7) is 0. The van der Waals surface area contributed by atoms with Crippen molar-refractivity contribution in [2.75, 3.05) is 0 Å². The third-order valence-corrected chi connectivity index (χ3v) is 5.57. The minimum Gasteiger partial charge on any atom is -0.493 e. The Hall–Kier alpha value is -3.33. The second-order valence-corrected chi connectivity index (χ2v) is 7.90. The maximum absolute atomic E-state index is 11.4. The molecule has 1 aliphatic rings. The summed E-state index contributed by atoms with van der Waals surface area (Å²) in [7, 11) is 0. The summed E-state index contributed by atoms with van der Waals surface area (Å²) in [5, 5.41) is 15.8. The molecule has 3 N–H and O–H groups in total. The second kappa shape index (κ2) is 7.25. The summed E-state index contributed by atoms with van der Waals surface area (Å²) in [6, 6.07) is 12.5. The number of aromatic amines is 2. The van der Waals surface area contributed by atoms with Crippen molar-refractivity contribution < 1.29 is 5.11 Å². The fourth-order valence-corrected chi connectivity index (χ4v) is 3.83. The highest BCUT2D eigenvalue weighted by molar-refractivity contribution is 7.98. The molecule has 0 atom stereocenters. The van der Waals surface area contributed by atoms with E-state index >= 15 is 0 Å². The van der Waals surface area contributed by atoms with E-state index in [1.807, 2.05) is 24.3 Å². The number of nitrogens with one attached hydrogen (secondary N) is 2. The van der Waals surface area contributed by atoms with Crippen LogP contribution >= 0.6 is 11.8 Å². The van der Waals surface area contributed by atoms with Gasteiger partial charge in [-0.2, -0.15) is 9.61 Å². The molecule has 0 unspecified atom stereocenters. The smallest absolute Gasteiger partial charge is 0.326 e. The molecule has 1 aliphatic carbocycles. The van der Waals surface area contributed by atoms with E-state index in [0.29, 0.717) is 16.9 Å². The molecular formula is C20H18N6O2S. The lowest BCUT2D eigenvalue weighted by Crippen LogP contribution is -2.19. The van der Waals surface area contributed by atoms with Crippen LogP contribution in [-0.4, -0.2) is 35.7 Å². The van der Waals surface area contributed by atoms with Gasteiger partial charge in [-0.1, -0.05) is 30.3 Å². The Bertz CT molecular complexity index is 1350. The van der Waals surface area contributed by atoms with Gasteiger partial charge in [-0.25, -0.2) is 9.78 Å². The van der Waals surface area contributed by atoms with Gasteiger partial charge in [0.25, 0.3) is 0 Å². The van der Waals surface area contributed by atoms with Crippen LogP contribution in [0, 0.1) is 0 Å². The zero-order valence-corrected chi connectivity index (χ0v) is 16.2. The number of imidazole rings is 1. The number of fused-ring (bicyclic) bond motifs is 1. The van der Waals surface area contributed by atoms with E-state index in [-0.39, 0.29) is 11.6 Å². The molecule has 3 aromatic heterocycles. The lowest BCUT2D eigenvalue weighted by molar-refractivity contribution is 0.454. The Balaban J connectivity index is 1.61. The van der Waals surface area contributed by atoms with Gasteiger partial charge in [-0.05, 0) is 24.5 Å². The highest BCUT2D eigenvalue weighted by Gasteiger charge is 2.20. The molecule has 4 aromatic rings. The van der Waals surface area contributed by atoms with E-state index < -0.39 is 5.69 Å². The van der Waals surface area contributed by atoms with Gasteiger partial charge >= 0.3 is 5.69 Å². The highest BCUT2D eigenvalue weighted by Crippen LogP contribution is 2.23. The van der Waals surface area contributed by atoms with Gasteiger partial charge in [-0.3, -0.25) is 9.98 Å². The van der Waals surface area contributed by atoms with Crippen LogP contribution in [-0.2, 0) is 5.75 Å². The standard InChI is InChI=1S/C20H18N6O2S/c27-19-15(23-20(28)25-19)8-13-10-21-26-16(22-14-6-7-14)9-17(24-18(13)26)29-11-12-4-2-1-3-5-12/h1-5,8-10,14,27H,6-7,11H2,(H2,23,25,28)/b13-8+,22-16?. The molecule has 5 rings (SSSR count). The Morgan fingerprint density at radius 1 is 1.28 bits per heavy atom. The minimum atomic E-state index is -0.471. The maximum atomic E-state index is 11.4. The van der Waals surface area contributed by atoms with Gasteiger partial charge in [-0.15, -0.1) is 11.8 Å². The third kappa shape index (κ3) is 3.81. The van der Waals surface area contributed by atoms with Crippen LogP contribution in [0.4, 0.5) is 0 Å². The molecule has 3 heterocycles. The predicted octanol–water partition coefficient (Wildman–Crippen LogP) is 1.35. The van der Waals surface area contributed by atoms with E-state index in [0.717, 1.165) is 29.1 Å². The number of H-pyrrole nitrogens is 2. The number of hydrogen-bond donors (Lipinski definition) is 3. The van der Waals surface area contributed by atoms with Crippen molar-refractivity contribution in [1.29, 1.82) is 0 Å². The van der Waals surface area contributed by atoms with Crippen LogP contribution in [0.15, 0.2) is 57.4 Å². The van der Waals surface area contributed by atoms with Crippen molar-refractivity contribution in [3.63, 3.8) is 0 Å². The second-order valence-electron chi connectivity index (χ2n) is 6.91. The molecule has 0 amide bonds. The van der Waals surface area contributed by atoms with E-state index in [2.05, 4.69) is 27.2 Å². The van der Waals surface area contributed by atoms with Gasteiger partial charge in [0.05, 0.1) is 12.2 Å². The largest absolute Gasteiger partial charge is 0.493 e. The summed E-state index contributed by atoms with van der Waals surface area (Å²) in [6.07, 6.45) is 5.49. The number of benzene rings is 1. The van der Waals surface area contributed by atoms with Crippen molar-refractivity contribution in [1.82, 2.24) is 24.6 Å². The first kappa shape index (κ1) is 17.7. The van der Waals surface area contributed by atoms with Crippen LogP contribution in [0.5, 0.6) is 5.88 Å². The summed E-state index contributed by atoms with van der Waals surface area (Å²) in [4.78, 5) is 25.8. The topological polar surface area (TPSA) is 111 Å². The molecule has 0 aliphatic heterocycles. The summed E-state index contributed by atoms with van der Waals surface area (Å²) in [5.41, 5.74) is 2.43. The van der Waals surface area contributed by atoms with Gasteiger partial charge in [0.2, 0.25) is 5.88 Å². The number of rotatable bonds is 5. The van der Waals surface area contributed by atoms with E-state index in [1.165, 1.54) is 5.56 Å². The number of hydrogen-bond acceptors (Lipinski definition) is 6. The first-order valence-electron chi connectivity index (χ1n) is 9.28. The quantitative estimate of drug-likeness (QED) is 0.342. The fourth-order valence-electron chi connectivity index (χ4n) is 2.98. The first-order chi connectivity index (χ1) is 14.2. The molecule has 0 bridgehead atoms. The molecule has 1 fully saturated rings. The Kier molecular flexibility index (Phi) is 4.44. The number of aromatic nitrogens is 5. The van der Waals surface area contributed by atoms with Crippen molar-refractivity contribution in [3.8, 4) is 5.88 Å². The van der Waals surface area contributed by atoms with Crippen LogP contribution < -0.4 is 16.4 Å². The molecular weight excluding hydrogens is 388 g/mol. The van der Waals surface area contributed by atoms with E-state index in [9.17, 15) is 9.90 Å². The van der Waals surface area contributed by atoms with Crippen LogP contribution in [0.1, 0.15) is 24.1 Å². The number of nitrogens with zero attached hydrogens (tertiary/aromatic N) is 4. The monoisotopic (exact) mass is 406 g/mol. The van der Waals surface area contributed by atoms with Crippen molar-refractivity contribution in [3.05, 3.63) is 75.0 Å². The maximum Gasteiger partial charge on any atom is 0.326 e. The minimum absolute atomic E-state index is 0.216. The van der Waals surface area contributed by atoms with Crippen LogP contribution in [0.3, 0.4) is 0 Å². The lowest BCUT2D eigenvalue weighted by Gasteiger charge is -2.03. The Morgan fingerprint density at radius 3 is 2.83 bits per heavy atom. The molecule has 0 radical (unpaired) electrons. The van der Waals surface area contributed by atoms with Gasteiger partial charge in [0.1, 0.15) is 10.7 Å². The first-order valence-corrected chi connectivity index (χ1v) is 10.3. The highest BCUT2D eigenvalue weighted by atomic mass is 32.2. The van der Waals surface area contributed by atoms with E-state index in [4.69, 9.17) is 9.98 Å². The number of aromatic hydroxyl groups is 1. The summed E-state index contributed by atoms with van der Waals surface area (Å²) in [5.74, 6) is 0.582. The van der Waals surface area contributed by atoms with Gasteiger partial charge in [0.15, 0.2) is 11.1 Å². The third-order valence-electron chi connectivity index (χ3n) is 4.58. The molecule has 29 heavy (non-hydrogen) atoms. The summed E-state index contributed by atoms with van der Waals surface area (Å²) >= 11 is 1.64. The zero-order chi connectivity index (χ0) is 19.8. The predicted molar refractivity (Wildman–Crippen MR) is 109 cm³/mol. The molecule has 146 valence electrons.